The highest BCUT2D eigenvalue weighted by atomic mass is 32.2. The van der Waals surface area contributed by atoms with E-state index in [0.717, 1.165) is 26.1 Å². The van der Waals surface area contributed by atoms with Gasteiger partial charge in [0.1, 0.15) is 0 Å². The fourth-order valence-corrected chi connectivity index (χ4v) is 4.78. The summed E-state index contributed by atoms with van der Waals surface area (Å²) in [7, 11) is -3.57. The molecule has 8 heteroatoms. The number of nitrogens with one attached hydrogen (secondary N) is 1. The first-order chi connectivity index (χ1) is 12.5. The van der Waals surface area contributed by atoms with Crippen molar-refractivity contribution in [3.05, 3.63) is 35.9 Å². The second-order valence-corrected chi connectivity index (χ2v) is 8.93. The van der Waals surface area contributed by atoms with E-state index in [9.17, 15) is 13.5 Å². The maximum atomic E-state index is 12.4. The van der Waals surface area contributed by atoms with Crippen LogP contribution < -0.4 is 4.72 Å². The molecule has 1 aromatic carbocycles. The maximum absolute atomic E-state index is 12.4. The molecule has 2 saturated heterocycles. The van der Waals surface area contributed by atoms with Gasteiger partial charge in [-0.05, 0) is 31.4 Å². The fourth-order valence-electron chi connectivity index (χ4n) is 3.52. The fraction of sp³-hybridized carbons (Fsp3) is 0.667. The normalized spacial score (nSPS) is 26.5. The molecule has 1 atom stereocenters. The van der Waals surface area contributed by atoms with Gasteiger partial charge in [0, 0.05) is 32.7 Å². The molecule has 0 aliphatic carbocycles. The average molecular weight is 384 g/mol. The highest BCUT2D eigenvalue weighted by molar-refractivity contribution is 7.87. The lowest BCUT2D eigenvalue weighted by Gasteiger charge is -2.30. The molecule has 26 heavy (non-hydrogen) atoms. The molecule has 146 valence electrons. The first-order valence-electron chi connectivity index (χ1n) is 9.28. The van der Waals surface area contributed by atoms with Gasteiger partial charge in [0.25, 0.3) is 10.2 Å². The quantitative estimate of drug-likeness (QED) is 0.751. The van der Waals surface area contributed by atoms with Crippen LogP contribution in [0.4, 0.5) is 0 Å². The van der Waals surface area contributed by atoms with Gasteiger partial charge in [0.15, 0.2) is 0 Å². The van der Waals surface area contributed by atoms with Crippen molar-refractivity contribution in [2.75, 3.05) is 45.9 Å². The van der Waals surface area contributed by atoms with Crippen LogP contribution in [0.5, 0.6) is 0 Å². The number of aliphatic hydroxyl groups is 1. The summed E-state index contributed by atoms with van der Waals surface area (Å²) in [6.45, 7) is 4.14. The smallest absolute Gasteiger partial charge is 0.279 e. The lowest BCUT2D eigenvalue weighted by Crippen LogP contribution is -2.51. The number of benzene rings is 1. The van der Waals surface area contributed by atoms with Gasteiger partial charge in [0.2, 0.25) is 0 Å². The predicted molar refractivity (Wildman–Crippen MR) is 99.8 cm³/mol. The summed E-state index contributed by atoms with van der Waals surface area (Å²) in [5.41, 5.74) is 0.260. The Bertz CT molecular complexity index is 664. The lowest BCUT2D eigenvalue weighted by atomic mass is 9.95. The Morgan fingerprint density at radius 3 is 2.54 bits per heavy atom. The highest BCUT2D eigenvalue weighted by Gasteiger charge is 2.33. The summed E-state index contributed by atoms with van der Waals surface area (Å²) in [6, 6.07) is 10.3. The van der Waals surface area contributed by atoms with Crippen molar-refractivity contribution < 1.29 is 18.3 Å². The van der Waals surface area contributed by atoms with E-state index in [2.05, 4.69) is 21.8 Å². The number of ether oxygens (including phenoxy) is 1. The molecule has 3 rings (SSSR count). The van der Waals surface area contributed by atoms with Crippen LogP contribution in [0.25, 0.3) is 0 Å². The summed E-state index contributed by atoms with van der Waals surface area (Å²) in [5.74, 6) is 0. The maximum Gasteiger partial charge on any atom is 0.279 e. The van der Waals surface area contributed by atoms with Gasteiger partial charge in [-0.3, -0.25) is 4.90 Å². The topological polar surface area (TPSA) is 82.1 Å². The van der Waals surface area contributed by atoms with Crippen molar-refractivity contribution in [3.63, 3.8) is 0 Å². The van der Waals surface area contributed by atoms with Crippen molar-refractivity contribution in [2.45, 2.75) is 31.4 Å². The van der Waals surface area contributed by atoms with Crippen molar-refractivity contribution in [2.24, 2.45) is 0 Å². The molecule has 0 amide bonds. The minimum Gasteiger partial charge on any atom is -0.388 e. The molecule has 2 aliphatic rings. The van der Waals surface area contributed by atoms with Gasteiger partial charge in [-0.25, -0.2) is 0 Å². The van der Waals surface area contributed by atoms with Crippen LogP contribution in [0.15, 0.2) is 30.3 Å². The van der Waals surface area contributed by atoms with E-state index in [1.54, 1.807) is 0 Å². The molecule has 0 radical (unpaired) electrons. The van der Waals surface area contributed by atoms with Gasteiger partial charge < -0.3 is 9.84 Å². The summed E-state index contributed by atoms with van der Waals surface area (Å²) >= 11 is 0. The van der Waals surface area contributed by atoms with Crippen LogP contribution in [0.1, 0.15) is 24.8 Å². The number of morpholine rings is 1. The molecule has 1 unspecified atom stereocenters. The molecule has 2 N–H and O–H groups in total. The van der Waals surface area contributed by atoms with E-state index in [1.165, 1.54) is 9.87 Å². The van der Waals surface area contributed by atoms with Gasteiger partial charge in [-0.2, -0.15) is 17.4 Å². The number of likely N-dealkylation sites (tertiary alicyclic amines) is 1. The van der Waals surface area contributed by atoms with Gasteiger partial charge in [-0.15, -0.1) is 0 Å². The Kier molecular flexibility index (Phi) is 6.65. The summed E-state index contributed by atoms with van der Waals surface area (Å²) < 4.78 is 34.0. The molecule has 0 aromatic heterocycles. The molecule has 0 saturated carbocycles. The van der Waals surface area contributed by atoms with Crippen LogP contribution in [-0.4, -0.2) is 74.3 Å². The third-order valence-corrected chi connectivity index (χ3v) is 6.71. The zero-order chi connectivity index (χ0) is 18.5. The van der Waals surface area contributed by atoms with Gasteiger partial charge in [0.05, 0.1) is 18.8 Å². The Morgan fingerprint density at radius 2 is 1.81 bits per heavy atom. The minimum atomic E-state index is -3.57. The van der Waals surface area contributed by atoms with Crippen molar-refractivity contribution in [3.8, 4) is 0 Å². The monoisotopic (exact) mass is 383 g/mol. The summed E-state index contributed by atoms with van der Waals surface area (Å²) in [6.07, 6.45) is 2.01. The molecule has 2 fully saturated rings. The molecule has 2 aliphatic heterocycles. The van der Waals surface area contributed by atoms with Crippen LogP contribution in [-0.2, 0) is 21.5 Å². The summed E-state index contributed by atoms with van der Waals surface area (Å²) in [4.78, 5) is 2.32. The van der Waals surface area contributed by atoms with E-state index in [4.69, 9.17) is 4.74 Å². The van der Waals surface area contributed by atoms with E-state index < -0.39 is 15.8 Å². The highest BCUT2D eigenvalue weighted by Crippen LogP contribution is 2.23. The Balaban J connectivity index is 1.52. The van der Waals surface area contributed by atoms with Crippen LogP contribution in [0.2, 0.25) is 0 Å². The standard InChI is InChI=1S/C18H29N3O4S/c22-18(16-19-26(23,24)21-11-13-25-14-12-21)7-4-9-20(10-8-18)15-17-5-2-1-3-6-17/h1-3,5-6,19,22H,4,7-16H2. The van der Waals surface area contributed by atoms with Gasteiger partial charge >= 0.3 is 0 Å². The SMILES string of the molecule is O=S(=O)(NCC1(O)CCCN(Cc2ccccc2)CC1)N1CCOCC1. The summed E-state index contributed by atoms with van der Waals surface area (Å²) in [5, 5.41) is 10.9. The van der Waals surface area contributed by atoms with Crippen molar-refractivity contribution >= 4 is 10.2 Å². The second kappa shape index (κ2) is 8.77. The van der Waals surface area contributed by atoms with Crippen molar-refractivity contribution in [1.29, 1.82) is 0 Å². The van der Waals surface area contributed by atoms with E-state index in [-0.39, 0.29) is 6.54 Å². The zero-order valence-electron chi connectivity index (χ0n) is 15.1. The Labute approximate surface area is 156 Å². The number of hydrogen-bond donors (Lipinski definition) is 2. The van der Waals surface area contributed by atoms with Crippen LogP contribution >= 0.6 is 0 Å². The van der Waals surface area contributed by atoms with Crippen LogP contribution in [0.3, 0.4) is 0 Å². The first-order valence-corrected chi connectivity index (χ1v) is 10.7. The van der Waals surface area contributed by atoms with Gasteiger partial charge in [-0.1, -0.05) is 30.3 Å². The molecule has 0 bridgehead atoms. The molecular formula is C18H29N3O4S. The minimum absolute atomic E-state index is 0.0614. The molecule has 7 nitrogen and oxygen atoms in total. The molecule has 2 heterocycles. The van der Waals surface area contributed by atoms with Crippen LogP contribution in [0, 0.1) is 0 Å². The zero-order valence-corrected chi connectivity index (χ0v) is 16.0. The van der Waals surface area contributed by atoms with E-state index >= 15 is 0 Å². The number of rotatable bonds is 6. The predicted octanol–water partition coefficient (Wildman–Crippen LogP) is 0.570. The number of nitrogens with zero attached hydrogens (tertiary/aromatic N) is 2. The molecule has 0 spiro atoms. The Hall–Kier alpha value is -1.03. The third-order valence-electron chi connectivity index (χ3n) is 5.15. The first kappa shape index (κ1) is 19.7. The van der Waals surface area contributed by atoms with E-state index in [0.29, 0.717) is 39.1 Å². The third kappa shape index (κ3) is 5.48. The molecule has 1 aromatic rings. The van der Waals surface area contributed by atoms with Crippen molar-refractivity contribution in [1.82, 2.24) is 13.9 Å². The van der Waals surface area contributed by atoms with E-state index in [1.807, 2.05) is 18.2 Å². The Morgan fingerprint density at radius 1 is 1.08 bits per heavy atom. The lowest BCUT2D eigenvalue weighted by molar-refractivity contribution is 0.0293. The second-order valence-electron chi connectivity index (χ2n) is 7.18. The number of hydrogen-bond acceptors (Lipinski definition) is 5. The largest absolute Gasteiger partial charge is 0.388 e. The molecular weight excluding hydrogens is 354 g/mol. The average Bonchev–Trinajstić information content (AvgIpc) is 2.84.